The highest BCUT2D eigenvalue weighted by atomic mass is 16.5. The zero-order valence-electron chi connectivity index (χ0n) is 26.3. The molecule has 4 heteroatoms. The SMILES string of the molecule is CCCCCCCCCCCCc1ccc(OC(C)CCOC(=O)C(C)CC[N+](C)(C)Cc2ccccc2)cc1. The minimum atomic E-state index is -0.108. The number of unbranched alkanes of at least 4 members (excludes halogenated alkanes) is 9. The molecule has 0 saturated carbocycles. The first kappa shape index (κ1) is 33.9. The third-order valence-corrected chi connectivity index (χ3v) is 7.87. The smallest absolute Gasteiger partial charge is 0.308 e. The van der Waals surface area contributed by atoms with Crippen LogP contribution in [0.3, 0.4) is 0 Å². The summed E-state index contributed by atoms with van der Waals surface area (Å²) in [6, 6.07) is 19.1. The van der Waals surface area contributed by atoms with Gasteiger partial charge in [0.05, 0.1) is 39.3 Å². The van der Waals surface area contributed by atoms with E-state index in [1.165, 1.54) is 75.3 Å². The Labute approximate surface area is 246 Å². The highest BCUT2D eigenvalue weighted by molar-refractivity contribution is 5.71. The molecule has 2 unspecified atom stereocenters. The van der Waals surface area contributed by atoms with E-state index in [-0.39, 0.29) is 18.0 Å². The zero-order valence-corrected chi connectivity index (χ0v) is 26.3. The van der Waals surface area contributed by atoms with E-state index in [0.29, 0.717) is 13.0 Å². The normalized spacial score (nSPS) is 13.1. The van der Waals surface area contributed by atoms with Crippen LogP contribution in [0.1, 0.15) is 109 Å². The molecule has 0 aliphatic rings. The Hall–Kier alpha value is -2.33. The molecule has 224 valence electrons. The molecular weight excluding hydrogens is 494 g/mol. The predicted octanol–water partition coefficient (Wildman–Crippen LogP) is 9.15. The van der Waals surface area contributed by atoms with Crippen molar-refractivity contribution in [1.29, 1.82) is 0 Å². The maximum absolute atomic E-state index is 12.5. The number of carbonyl (C=O) groups is 1. The van der Waals surface area contributed by atoms with E-state index in [2.05, 4.69) is 69.6 Å². The van der Waals surface area contributed by atoms with Gasteiger partial charge < -0.3 is 14.0 Å². The average Bonchev–Trinajstić information content (AvgIpc) is 2.94. The molecule has 0 N–H and O–H groups in total. The number of carbonyl (C=O) groups excluding carboxylic acids is 1. The van der Waals surface area contributed by atoms with Crippen LogP contribution in [-0.2, 0) is 22.5 Å². The van der Waals surface area contributed by atoms with Crippen LogP contribution in [0.25, 0.3) is 0 Å². The van der Waals surface area contributed by atoms with Crippen LogP contribution in [0.5, 0.6) is 5.75 Å². The molecule has 0 aromatic heterocycles. The summed E-state index contributed by atoms with van der Waals surface area (Å²) in [6.07, 6.45) is 16.4. The molecule has 0 aliphatic carbocycles. The van der Waals surface area contributed by atoms with Gasteiger partial charge in [0.15, 0.2) is 0 Å². The number of quaternary nitrogens is 1. The number of hydrogen-bond acceptors (Lipinski definition) is 3. The van der Waals surface area contributed by atoms with Crippen LogP contribution in [0.4, 0.5) is 0 Å². The quantitative estimate of drug-likeness (QED) is 0.0830. The molecule has 0 bridgehead atoms. The highest BCUT2D eigenvalue weighted by Crippen LogP contribution is 2.18. The van der Waals surface area contributed by atoms with Crippen molar-refractivity contribution in [2.75, 3.05) is 27.2 Å². The van der Waals surface area contributed by atoms with Gasteiger partial charge in [0, 0.05) is 18.4 Å². The van der Waals surface area contributed by atoms with Crippen molar-refractivity contribution in [3.8, 4) is 5.75 Å². The van der Waals surface area contributed by atoms with Crippen molar-refractivity contribution in [3.63, 3.8) is 0 Å². The molecule has 0 amide bonds. The van der Waals surface area contributed by atoms with Gasteiger partial charge in [-0.1, -0.05) is 114 Å². The fraction of sp³-hybridized carbons (Fsp3) is 0.639. The average molecular weight is 553 g/mol. The molecule has 0 heterocycles. The second kappa shape index (κ2) is 19.7. The van der Waals surface area contributed by atoms with Gasteiger partial charge >= 0.3 is 5.97 Å². The van der Waals surface area contributed by atoms with Gasteiger partial charge in [0.2, 0.25) is 0 Å². The number of benzene rings is 2. The summed E-state index contributed by atoms with van der Waals surface area (Å²) in [4.78, 5) is 12.5. The van der Waals surface area contributed by atoms with Gasteiger partial charge in [0.1, 0.15) is 12.3 Å². The number of nitrogens with zero attached hydrogens (tertiary/aromatic N) is 1. The summed E-state index contributed by atoms with van der Waals surface area (Å²) in [5.41, 5.74) is 2.70. The molecule has 4 nitrogen and oxygen atoms in total. The standard InChI is InChI=1S/C36H58NO3/c1-6-7-8-9-10-11-12-13-14-16-19-33-22-24-35(25-23-33)40-32(3)27-29-39-36(38)31(2)26-28-37(4,5)30-34-20-17-15-18-21-34/h15,17-18,20-25,31-32H,6-14,16,19,26-30H2,1-5H3/q+1. The van der Waals surface area contributed by atoms with Crippen LogP contribution in [0.15, 0.2) is 54.6 Å². The Morgan fingerprint density at radius 2 is 1.35 bits per heavy atom. The fourth-order valence-corrected chi connectivity index (χ4v) is 5.13. The first-order valence-corrected chi connectivity index (χ1v) is 16.1. The van der Waals surface area contributed by atoms with Gasteiger partial charge in [-0.05, 0) is 37.5 Å². The number of aryl methyl sites for hydroxylation is 1. The largest absolute Gasteiger partial charge is 0.491 e. The second-order valence-corrected chi connectivity index (χ2v) is 12.5. The molecule has 0 spiro atoms. The summed E-state index contributed by atoms with van der Waals surface area (Å²) >= 11 is 0. The van der Waals surface area contributed by atoms with Crippen molar-refractivity contribution in [2.24, 2.45) is 5.92 Å². The van der Waals surface area contributed by atoms with Gasteiger partial charge in [-0.15, -0.1) is 0 Å². The highest BCUT2D eigenvalue weighted by Gasteiger charge is 2.22. The summed E-state index contributed by atoms with van der Waals surface area (Å²) < 4.78 is 12.5. The van der Waals surface area contributed by atoms with Gasteiger partial charge in [-0.2, -0.15) is 0 Å². The van der Waals surface area contributed by atoms with Crippen molar-refractivity contribution in [2.45, 2.75) is 117 Å². The molecule has 0 radical (unpaired) electrons. The Morgan fingerprint density at radius 3 is 1.98 bits per heavy atom. The zero-order chi connectivity index (χ0) is 29.1. The monoisotopic (exact) mass is 552 g/mol. The molecule has 2 atom stereocenters. The van der Waals surface area contributed by atoms with E-state index in [0.717, 1.165) is 36.2 Å². The number of rotatable bonds is 22. The van der Waals surface area contributed by atoms with Crippen molar-refractivity contribution in [3.05, 3.63) is 65.7 Å². The van der Waals surface area contributed by atoms with Crippen LogP contribution >= 0.6 is 0 Å². The predicted molar refractivity (Wildman–Crippen MR) is 169 cm³/mol. The lowest BCUT2D eigenvalue weighted by molar-refractivity contribution is -0.904. The topological polar surface area (TPSA) is 35.5 Å². The van der Waals surface area contributed by atoms with Gasteiger partial charge in [-0.25, -0.2) is 0 Å². The van der Waals surface area contributed by atoms with Crippen LogP contribution < -0.4 is 4.74 Å². The maximum Gasteiger partial charge on any atom is 0.308 e. The molecule has 2 aromatic carbocycles. The third-order valence-electron chi connectivity index (χ3n) is 7.87. The molecular formula is C36H58NO3+. The van der Waals surface area contributed by atoms with E-state index in [4.69, 9.17) is 9.47 Å². The minimum Gasteiger partial charge on any atom is -0.491 e. The lowest BCUT2D eigenvalue weighted by Gasteiger charge is -2.30. The molecule has 2 aromatic rings. The molecule has 40 heavy (non-hydrogen) atoms. The third kappa shape index (κ3) is 15.5. The number of esters is 1. The minimum absolute atomic E-state index is 0.00241. The second-order valence-electron chi connectivity index (χ2n) is 12.5. The maximum atomic E-state index is 12.5. The van der Waals surface area contributed by atoms with Crippen LogP contribution in [0, 0.1) is 5.92 Å². The first-order valence-electron chi connectivity index (χ1n) is 16.1. The van der Waals surface area contributed by atoms with E-state index < -0.39 is 0 Å². The van der Waals surface area contributed by atoms with E-state index in [1.54, 1.807) is 0 Å². The lowest BCUT2D eigenvalue weighted by Crippen LogP contribution is -2.40. The summed E-state index contributed by atoms with van der Waals surface area (Å²) in [7, 11) is 4.43. The van der Waals surface area contributed by atoms with Crippen molar-refractivity contribution < 1.29 is 18.8 Å². The Morgan fingerprint density at radius 1 is 0.750 bits per heavy atom. The summed E-state index contributed by atoms with van der Waals surface area (Å²) in [5, 5.41) is 0. The van der Waals surface area contributed by atoms with Crippen molar-refractivity contribution >= 4 is 5.97 Å². The molecule has 0 saturated heterocycles. The number of hydrogen-bond donors (Lipinski definition) is 0. The van der Waals surface area contributed by atoms with E-state index >= 15 is 0 Å². The Balaban J connectivity index is 1.54. The van der Waals surface area contributed by atoms with Crippen LogP contribution in [-0.4, -0.2) is 43.8 Å². The van der Waals surface area contributed by atoms with Crippen LogP contribution in [0.2, 0.25) is 0 Å². The molecule has 0 aliphatic heterocycles. The van der Waals surface area contributed by atoms with Crippen molar-refractivity contribution in [1.82, 2.24) is 0 Å². The molecule has 0 fully saturated rings. The van der Waals surface area contributed by atoms with E-state index in [9.17, 15) is 4.79 Å². The lowest BCUT2D eigenvalue weighted by atomic mass is 10.0. The summed E-state index contributed by atoms with van der Waals surface area (Å²) in [5.74, 6) is 0.674. The van der Waals surface area contributed by atoms with Gasteiger partial charge in [-0.3, -0.25) is 4.79 Å². The Kier molecular flexibility index (Phi) is 16.7. The fourth-order valence-electron chi connectivity index (χ4n) is 5.13. The first-order chi connectivity index (χ1) is 19.3. The molecule has 2 rings (SSSR count). The van der Waals surface area contributed by atoms with E-state index in [1.807, 2.05) is 19.9 Å². The Bertz CT molecular complexity index is 909. The van der Waals surface area contributed by atoms with Gasteiger partial charge in [0.25, 0.3) is 0 Å². The number of ether oxygens (including phenoxy) is 2. The summed E-state index contributed by atoms with van der Waals surface area (Å²) in [6.45, 7) is 8.57.